The Labute approximate surface area is 119 Å². The van der Waals surface area contributed by atoms with Crippen LogP contribution in [-0.4, -0.2) is 41.4 Å². The van der Waals surface area contributed by atoms with Gasteiger partial charge in [0, 0.05) is 6.42 Å². The summed E-state index contributed by atoms with van der Waals surface area (Å²) in [6, 6.07) is 0. The summed E-state index contributed by atoms with van der Waals surface area (Å²) < 4.78 is 12.1. The van der Waals surface area contributed by atoms with Gasteiger partial charge in [-0.1, -0.05) is 0 Å². The predicted molar refractivity (Wildman–Crippen MR) is 72.4 cm³/mol. The van der Waals surface area contributed by atoms with E-state index in [0.29, 0.717) is 17.0 Å². The summed E-state index contributed by atoms with van der Waals surface area (Å²) in [6.45, 7) is 2.53. The molecule has 104 valence electrons. The summed E-state index contributed by atoms with van der Waals surface area (Å²) in [7, 11) is 0. The van der Waals surface area contributed by atoms with Crippen molar-refractivity contribution >= 4 is 15.9 Å². The highest BCUT2D eigenvalue weighted by molar-refractivity contribution is 9.10. The third kappa shape index (κ3) is 2.68. The van der Waals surface area contributed by atoms with Crippen LogP contribution in [0.2, 0.25) is 0 Å². The van der Waals surface area contributed by atoms with E-state index in [-0.39, 0.29) is 17.3 Å². The van der Waals surface area contributed by atoms with E-state index in [2.05, 4.69) is 31.2 Å². The molecule has 0 radical (unpaired) electrons. The van der Waals surface area contributed by atoms with Crippen molar-refractivity contribution in [2.45, 2.75) is 31.0 Å². The maximum Gasteiger partial charge on any atom is 0.268 e. The van der Waals surface area contributed by atoms with Crippen molar-refractivity contribution < 1.29 is 9.47 Å². The number of piperidine rings is 1. The summed E-state index contributed by atoms with van der Waals surface area (Å²) in [5.74, 6) is 0.336. The average molecular weight is 330 g/mol. The van der Waals surface area contributed by atoms with Crippen LogP contribution in [0.5, 0.6) is 5.88 Å². The Hall–Kier alpha value is -0.920. The van der Waals surface area contributed by atoms with Gasteiger partial charge in [0.05, 0.1) is 18.5 Å². The van der Waals surface area contributed by atoms with E-state index in [4.69, 9.17) is 9.47 Å². The van der Waals surface area contributed by atoms with Crippen LogP contribution in [0.3, 0.4) is 0 Å². The third-order valence-electron chi connectivity index (χ3n) is 3.73. The van der Waals surface area contributed by atoms with Crippen LogP contribution >= 0.6 is 15.9 Å². The molecule has 2 aliphatic heterocycles. The molecule has 1 unspecified atom stereocenters. The van der Waals surface area contributed by atoms with E-state index >= 15 is 0 Å². The molecule has 1 aromatic heterocycles. The Kier molecular flexibility index (Phi) is 3.60. The predicted octanol–water partition coefficient (Wildman–Crippen LogP) is 0.822. The number of hydrogen-bond acceptors (Lipinski definition) is 5. The van der Waals surface area contributed by atoms with Crippen molar-refractivity contribution in [3.8, 4) is 5.88 Å². The zero-order chi connectivity index (χ0) is 13.3. The fourth-order valence-electron chi connectivity index (χ4n) is 2.72. The van der Waals surface area contributed by atoms with Crippen LogP contribution in [0.1, 0.15) is 19.3 Å². The van der Waals surface area contributed by atoms with E-state index in [9.17, 15) is 4.79 Å². The summed E-state index contributed by atoms with van der Waals surface area (Å²) in [4.78, 5) is 18.0. The number of ether oxygens (including phenoxy) is 2. The van der Waals surface area contributed by atoms with Crippen LogP contribution < -0.4 is 15.6 Å². The van der Waals surface area contributed by atoms with E-state index in [1.165, 1.54) is 6.33 Å². The third-order valence-corrected chi connectivity index (χ3v) is 4.43. The van der Waals surface area contributed by atoms with Crippen molar-refractivity contribution in [2.75, 3.05) is 19.7 Å². The minimum absolute atomic E-state index is 0.0382. The lowest BCUT2D eigenvalue weighted by molar-refractivity contribution is -0.0206. The average Bonchev–Trinajstić information content (AvgIpc) is 2.79. The van der Waals surface area contributed by atoms with Crippen molar-refractivity contribution in [1.82, 2.24) is 15.3 Å². The molecule has 7 heteroatoms. The molecular weight excluding hydrogens is 314 g/mol. The second kappa shape index (κ2) is 5.22. The molecule has 0 saturated carbocycles. The Balaban J connectivity index is 1.68. The molecule has 0 aromatic carbocycles. The van der Waals surface area contributed by atoms with Gasteiger partial charge < -0.3 is 19.8 Å². The number of halogens is 1. The number of rotatable bonds is 2. The zero-order valence-corrected chi connectivity index (χ0v) is 12.0. The lowest BCUT2D eigenvalue weighted by Crippen LogP contribution is -2.41. The van der Waals surface area contributed by atoms with Gasteiger partial charge in [0.15, 0.2) is 0 Å². The second-order valence-corrected chi connectivity index (χ2v) is 5.83. The zero-order valence-electron chi connectivity index (χ0n) is 10.4. The van der Waals surface area contributed by atoms with Crippen LogP contribution in [0.25, 0.3) is 0 Å². The maximum atomic E-state index is 11.4. The first-order valence-electron chi connectivity index (χ1n) is 6.43. The monoisotopic (exact) mass is 329 g/mol. The van der Waals surface area contributed by atoms with Crippen molar-refractivity contribution in [3.05, 3.63) is 21.2 Å². The van der Waals surface area contributed by atoms with E-state index in [1.54, 1.807) is 0 Å². The minimum atomic E-state index is -0.236. The number of nitrogens with zero attached hydrogens (tertiary/aromatic N) is 1. The molecule has 19 heavy (non-hydrogen) atoms. The van der Waals surface area contributed by atoms with Gasteiger partial charge in [-0.05, 0) is 41.9 Å². The quantitative estimate of drug-likeness (QED) is 0.840. The molecule has 3 heterocycles. The molecule has 2 aliphatic rings. The highest BCUT2D eigenvalue weighted by Gasteiger charge is 2.42. The Morgan fingerprint density at radius 3 is 3.05 bits per heavy atom. The van der Waals surface area contributed by atoms with Gasteiger partial charge >= 0.3 is 0 Å². The first-order chi connectivity index (χ1) is 9.19. The second-order valence-electron chi connectivity index (χ2n) is 5.04. The molecule has 0 aliphatic carbocycles. The topological polar surface area (TPSA) is 76.2 Å². The van der Waals surface area contributed by atoms with E-state index < -0.39 is 0 Å². The van der Waals surface area contributed by atoms with E-state index in [0.717, 1.165) is 32.4 Å². The van der Waals surface area contributed by atoms with Crippen molar-refractivity contribution in [2.24, 2.45) is 0 Å². The van der Waals surface area contributed by atoms with Crippen LogP contribution in [0, 0.1) is 0 Å². The Bertz CT molecular complexity index is 513. The standard InChI is InChI=1S/C12H16BrN3O3/c13-9-10(17)15-7-16-11(9)19-8-5-12(18-6-8)1-3-14-4-2-12/h7-8,14H,1-6H2,(H,15,16,17). The van der Waals surface area contributed by atoms with Gasteiger partial charge in [0.2, 0.25) is 5.88 Å². The molecule has 0 bridgehead atoms. The summed E-state index contributed by atoms with van der Waals surface area (Å²) >= 11 is 3.19. The molecule has 1 spiro atoms. The normalized spacial score (nSPS) is 25.6. The van der Waals surface area contributed by atoms with Gasteiger partial charge in [0.1, 0.15) is 10.6 Å². The molecule has 2 fully saturated rings. The van der Waals surface area contributed by atoms with Gasteiger partial charge in [-0.25, -0.2) is 4.98 Å². The van der Waals surface area contributed by atoms with Crippen LogP contribution in [-0.2, 0) is 4.74 Å². The molecule has 6 nitrogen and oxygen atoms in total. The smallest absolute Gasteiger partial charge is 0.268 e. The maximum absolute atomic E-state index is 11.4. The number of H-pyrrole nitrogens is 1. The van der Waals surface area contributed by atoms with Gasteiger partial charge in [0.25, 0.3) is 5.56 Å². The van der Waals surface area contributed by atoms with E-state index in [1.807, 2.05) is 0 Å². The molecule has 2 saturated heterocycles. The molecule has 1 aromatic rings. The summed E-state index contributed by atoms with van der Waals surface area (Å²) in [5.41, 5.74) is -0.288. The highest BCUT2D eigenvalue weighted by atomic mass is 79.9. The van der Waals surface area contributed by atoms with Gasteiger partial charge in [-0.15, -0.1) is 0 Å². The fraction of sp³-hybridized carbons (Fsp3) is 0.667. The van der Waals surface area contributed by atoms with Crippen LogP contribution in [0.4, 0.5) is 0 Å². The number of hydrogen-bond donors (Lipinski definition) is 2. The lowest BCUT2D eigenvalue weighted by Gasteiger charge is -2.32. The van der Waals surface area contributed by atoms with Crippen LogP contribution in [0.15, 0.2) is 15.6 Å². The summed E-state index contributed by atoms with van der Waals surface area (Å²) in [5, 5.41) is 3.33. The van der Waals surface area contributed by atoms with Crippen molar-refractivity contribution in [3.63, 3.8) is 0 Å². The minimum Gasteiger partial charge on any atom is -0.471 e. The number of aromatic nitrogens is 2. The molecule has 2 N–H and O–H groups in total. The Morgan fingerprint density at radius 1 is 1.47 bits per heavy atom. The summed E-state index contributed by atoms with van der Waals surface area (Å²) in [6.07, 6.45) is 4.19. The Morgan fingerprint density at radius 2 is 2.26 bits per heavy atom. The fourth-order valence-corrected chi connectivity index (χ4v) is 3.03. The SMILES string of the molecule is O=c1[nH]cnc(OC2COC3(CCNCC3)C2)c1Br. The molecule has 1 atom stereocenters. The van der Waals surface area contributed by atoms with Crippen molar-refractivity contribution in [1.29, 1.82) is 0 Å². The molecular formula is C12H16BrN3O3. The molecule has 0 amide bonds. The highest BCUT2D eigenvalue weighted by Crippen LogP contribution is 2.35. The number of aromatic amines is 1. The largest absolute Gasteiger partial charge is 0.471 e. The first kappa shape index (κ1) is 13.1. The number of nitrogens with one attached hydrogen (secondary N) is 2. The first-order valence-corrected chi connectivity index (χ1v) is 7.22. The van der Waals surface area contributed by atoms with Gasteiger partial charge in [-0.2, -0.15) is 0 Å². The van der Waals surface area contributed by atoms with Gasteiger partial charge in [-0.3, -0.25) is 4.79 Å². The lowest BCUT2D eigenvalue weighted by atomic mass is 9.89. The molecule has 3 rings (SSSR count).